The van der Waals surface area contributed by atoms with Gasteiger partial charge in [0.25, 0.3) is 0 Å². The summed E-state index contributed by atoms with van der Waals surface area (Å²) in [5, 5.41) is 2.73. The van der Waals surface area contributed by atoms with Gasteiger partial charge in [-0.2, -0.15) is 0 Å². The third kappa shape index (κ3) is 1.98. The largest absolute Gasteiger partial charge is 0.460 e. The van der Waals surface area contributed by atoms with E-state index in [1.807, 2.05) is 35.9 Å². The third-order valence-corrected chi connectivity index (χ3v) is 4.39. The van der Waals surface area contributed by atoms with Gasteiger partial charge in [0.2, 0.25) is 6.29 Å². The van der Waals surface area contributed by atoms with E-state index in [2.05, 4.69) is 4.98 Å². The number of pyridine rings is 1. The molecule has 0 aliphatic rings. The molecule has 0 fully saturated rings. The third-order valence-electron chi connectivity index (χ3n) is 3.48. The Morgan fingerprint density at radius 1 is 1.27 bits per heavy atom. The lowest BCUT2D eigenvalue weighted by Gasteiger charge is -2.06. The molecule has 0 unspecified atom stereocenters. The lowest BCUT2D eigenvalue weighted by Crippen LogP contribution is -1.85. The Morgan fingerprint density at radius 2 is 2.18 bits per heavy atom. The molecule has 0 spiro atoms. The first-order valence-electron chi connectivity index (χ1n) is 6.67. The van der Waals surface area contributed by atoms with Crippen LogP contribution in [0, 0.1) is 6.92 Å². The number of aryl methyl sites for hydroxylation is 1. The highest BCUT2D eigenvalue weighted by Crippen LogP contribution is 2.34. The van der Waals surface area contributed by atoms with Gasteiger partial charge >= 0.3 is 0 Å². The second-order valence-electron chi connectivity index (χ2n) is 4.84. The maximum atomic E-state index is 11.0. The highest BCUT2D eigenvalue weighted by Gasteiger charge is 2.12. The Kier molecular flexibility index (Phi) is 2.94. The van der Waals surface area contributed by atoms with Crippen LogP contribution in [0.15, 0.2) is 46.3 Å². The van der Waals surface area contributed by atoms with Crippen LogP contribution in [0.1, 0.15) is 11.3 Å². The maximum absolute atomic E-state index is 11.0. The van der Waals surface area contributed by atoms with E-state index in [4.69, 9.17) is 9.15 Å². The molecule has 4 aromatic rings. The lowest BCUT2D eigenvalue weighted by molar-refractivity contribution is 0.487. The second-order valence-corrected chi connectivity index (χ2v) is 5.76. The Morgan fingerprint density at radius 3 is 3.05 bits per heavy atom. The first kappa shape index (κ1) is 13.0. The molecule has 0 saturated heterocycles. The van der Waals surface area contributed by atoms with Crippen LogP contribution in [-0.4, -0.2) is 11.3 Å². The predicted octanol–water partition coefficient (Wildman–Crippen LogP) is 4.60. The van der Waals surface area contributed by atoms with Gasteiger partial charge in [0.05, 0.1) is 15.8 Å². The smallest absolute Gasteiger partial charge is 0.237 e. The highest BCUT2D eigenvalue weighted by atomic mass is 32.1. The van der Waals surface area contributed by atoms with Gasteiger partial charge in [0.1, 0.15) is 22.8 Å². The van der Waals surface area contributed by atoms with Crippen molar-refractivity contribution in [3.8, 4) is 11.5 Å². The molecule has 3 aromatic heterocycles. The number of nitrogens with zero attached hydrogens (tertiary/aromatic N) is 1. The molecule has 0 N–H and O–H groups in total. The summed E-state index contributed by atoms with van der Waals surface area (Å²) in [5.74, 6) is 1.97. The SMILES string of the molecule is Cc1oc2cc(Oc3ccnc4ccsc34)ccc2c1[C]=O. The van der Waals surface area contributed by atoms with E-state index >= 15 is 0 Å². The van der Waals surface area contributed by atoms with Gasteiger partial charge in [-0.1, -0.05) is 0 Å². The molecule has 4 rings (SSSR count). The van der Waals surface area contributed by atoms with E-state index in [9.17, 15) is 4.79 Å². The number of rotatable bonds is 3. The zero-order chi connectivity index (χ0) is 15.1. The van der Waals surface area contributed by atoms with Crippen LogP contribution in [-0.2, 0) is 4.79 Å². The molecule has 0 atom stereocenters. The van der Waals surface area contributed by atoms with Crippen LogP contribution in [0.25, 0.3) is 21.2 Å². The summed E-state index contributed by atoms with van der Waals surface area (Å²) in [6.45, 7) is 1.75. The number of carbonyl (C=O) groups excluding carboxylic acids is 1. The van der Waals surface area contributed by atoms with Gasteiger partial charge in [-0.15, -0.1) is 11.3 Å². The van der Waals surface area contributed by atoms with Crippen LogP contribution < -0.4 is 4.74 Å². The first-order chi connectivity index (χ1) is 10.8. The molecule has 0 amide bonds. The van der Waals surface area contributed by atoms with Crippen LogP contribution in [0.5, 0.6) is 11.5 Å². The van der Waals surface area contributed by atoms with E-state index in [0.29, 0.717) is 22.7 Å². The average Bonchev–Trinajstić information content (AvgIpc) is 3.10. The molecule has 107 valence electrons. The zero-order valence-corrected chi connectivity index (χ0v) is 12.4. The van der Waals surface area contributed by atoms with Crippen molar-refractivity contribution in [1.29, 1.82) is 0 Å². The van der Waals surface area contributed by atoms with Gasteiger partial charge < -0.3 is 9.15 Å². The highest BCUT2D eigenvalue weighted by molar-refractivity contribution is 7.17. The molecular formula is C17H10NO3S. The number of furan rings is 1. The number of aromatic nitrogens is 1. The molecule has 5 heteroatoms. The fraction of sp³-hybridized carbons (Fsp3) is 0.0588. The number of benzene rings is 1. The standard InChI is InChI=1S/C17H10NO3S/c1-10-13(9-19)12-3-2-11(8-16(12)20-10)21-15-4-6-18-14-5-7-22-17(14)15/h2-8H,1H3. The topological polar surface area (TPSA) is 52.3 Å². The molecule has 4 nitrogen and oxygen atoms in total. The van der Waals surface area contributed by atoms with E-state index in [1.165, 1.54) is 0 Å². The molecule has 0 aliphatic carbocycles. The Bertz CT molecular complexity index is 1000. The van der Waals surface area contributed by atoms with E-state index < -0.39 is 0 Å². The van der Waals surface area contributed by atoms with Crippen LogP contribution in [0.4, 0.5) is 0 Å². The van der Waals surface area contributed by atoms with Crippen molar-refractivity contribution in [2.24, 2.45) is 0 Å². The van der Waals surface area contributed by atoms with Gasteiger partial charge in [0, 0.05) is 23.7 Å². The summed E-state index contributed by atoms with van der Waals surface area (Å²) in [5.41, 5.74) is 1.99. The quantitative estimate of drug-likeness (QED) is 0.555. The van der Waals surface area contributed by atoms with Crippen molar-refractivity contribution in [3.05, 3.63) is 53.2 Å². The van der Waals surface area contributed by atoms with Crippen molar-refractivity contribution in [1.82, 2.24) is 4.98 Å². The van der Waals surface area contributed by atoms with E-state index in [0.717, 1.165) is 21.4 Å². The molecule has 1 aromatic carbocycles. The van der Waals surface area contributed by atoms with Gasteiger partial charge in [-0.25, -0.2) is 0 Å². The Hall–Kier alpha value is -2.66. The second kappa shape index (κ2) is 4.96. The van der Waals surface area contributed by atoms with Gasteiger partial charge in [0.15, 0.2) is 0 Å². The number of fused-ring (bicyclic) bond motifs is 2. The zero-order valence-electron chi connectivity index (χ0n) is 11.6. The lowest BCUT2D eigenvalue weighted by atomic mass is 10.1. The first-order valence-corrected chi connectivity index (χ1v) is 7.55. The van der Waals surface area contributed by atoms with Crippen LogP contribution in [0.3, 0.4) is 0 Å². The van der Waals surface area contributed by atoms with Crippen molar-refractivity contribution < 1.29 is 13.9 Å². The monoisotopic (exact) mass is 308 g/mol. The number of thiophene rings is 1. The summed E-state index contributed by atoms with van der Waals surface area (Å²) in [6, 6.07) is 9.20. The maximum Gasteiger partial charge on any atom is 0.237 e. The molecule has 0 saturated carbocycles. The van der Waals surface area contributed by atoms with Crippen molar-refractivity contribution in [2.75, 3.05) is 0 Å². The molecule has 22 heavy (non-hydrogen) atoms. The van der Waals surface area contributed by atoms with Crippen molar-refractivity contribution in [2.45, 2.75) is 6.92 Å². The van der Waals surface area contributed by atoms with Gasteiger partial charge in [-0.05, 0) is 30.5 Å². The normalized spacial score (nSPS) is 11.1. The number of hydrogen-bond acceptors (Lipinski definition) is 5. The summed E-state index contributed by atoms with van der Waals surface area (Å²) >= 11 is 1.58. The average molecular weight is 308 g/mol. The molecule has 3 heterocycles. The minimum atomic E-state index is 0.464. The molecule has 0 aliphatic heterocycles. The minimum Gasteiger partial charge on any atom is -0.460 e. The fourth-order valence-electron chi connectivity index (χ4n) is 2.45. The molecule has 0 bridgehead atoms. The molecule has 1 radical (unpaired) electrons. The van der Waals surface area contributed by atoms with Crippen molar-refractivity contribution in [3.63, 3.8) is 0 Å². The number of ether oxygens (including phenoxy) is 1. The Balaban J connectivity index is 1.78. The minimum absolute atomic E-state index is 0.464. The van der Waals surface area contributed by atoms with E-state index in [1.54, 1.807) is 30.5 Å². The van der Waals surface area contributed by atoms with Crippen LogP contribution >= 0.6 is 11.3 Å². The van der Waals surface area contributed by atoms with Crippen LogP contribution in [0.2, 0.25) is 0 Å². The van der Waals surface area contributed by atoms with Gasteiger partial charge in [-0.3, -0.25) is 9.78 Å². The molecular weight excluding hydrogens is 298 g/mol. The fourth-order valence-corrected chi connectivity index (χ4v) is 3.25. The predicted molar refractivity (Wildman–Crippen MR) is 85.4 cm³/mol. The summed E-state index contributed by atoms with van der Waals surface area (Å²) in [4.78, 5) is 15.3. The summed E-state index contributed by atoms with van der Waals surface area (Å²) in [6.07, 6.45) is 3.64. The summed E-state index contributed by atoms with van der Waals surface area (Å²) in [7, 11) is 0. The Labute approximate surface area is 130 Å². The van der Waals surface area contributed by atoms with E-state index in [-0.39, 0.29) is 0 Å². The summed E-state index contributed by atoms with van der Waals surface area (Å²) < 4.78 is 12.5. The number of hydrogen-bond donors (Lipinski definition) is 0. The van der Waals surface area contributed by atoms with Crippen molar-refractivity contribution >= 4 is 38.8 Å².